The van der Waals surface area contributed by atoms with Crippen LogP contribution in [-0.4, -0.2) is 27.7 Å². The van der Waals surface area contributed by atoms with Gasteiger partial charge >= 0.3 is 0 Å². The molecule has 0 aromatic rings. The van der Waals surface area contributed by atoms with Gasteiger partial charge in [-0.3, -0.25) is 9.59 Å². The van der Waals surface area contributed by atoms with E-state index in [1.165, 1.54) is 18.2 Å². The highest BCUT2D eigenvalue weighted by Crippen LogP contribution is 2.40. The highest BCUT2D eigenvalue weighted by atomic mass is 32.2. The van der Waals surface area contributed by atoms with Crippen LogP contribution in [0.15, 0.2) is 0 Å². The van der Waals surface area contributed by atoms with Gasteiger partial charge in [-0.05, 0) is 51.7 Å². The highest BCUT2D eigenvalue weighted by molar-refractivity contribution is 8.14. The predicted octanol–water partition coefficient (Wildman–Crippen LogP) is 3.54. The lowest BCUT2D eigenvalue weighted by molar-refractivity contribution is -0.120. The monoisotopic (exact) mass is 286 g/mol. The molecule has 2 aliphatic carbocycles. The Labute approximate surface area is 118 Å². The molecule has 18 heavy (non-hydrogen) atoms. The number of carbonyl (C=O) groups excluding carboxylic acids is 2. The minimum absolute atomic E-state index is 0.220. The molecule has 0 spiro atoms. The van der Waals surface area contributed by atoms with E-state index in [9.17, 15) is 9.59 Å². The zero-order valence-corrected chi connectivity index (χ0v) is 12.8. The molecule has 2 rings (SSSR count). The van der Waals surface area contributed by atoms with Crippen molar-refractivity contribution in [2.24, 2.45) is 11.8 Å². The second-order valence-corrected chi connectivity index (χ2v) is 7.99. The molecular formula is C14H22O2S2. The van der Waals surface area contributed by atoms with Gasteiger partial charge in [0.15, 0.2) is 5.12 Å². The summed E-state index contributed by atoms with van der Waals surface area (Å²) >= 11 is 3.43. The molecule has 102 valence electrons. The Kier molecular flexibility index (Phi) is 5.19. The van der Waals surface area contributed by atoms with Gasteiger partial charge in [-0.2, -0.15) is 11.8 Å². The molecule has 0 unspecified atom stereocenters. The Morgan fingerprint density at radius 1 is 0.944 bits per heavy atom. The molecule has 0 aromatic carbocycles. The van der Waals surface area contributed by atoms with Gasteiger partial charge in [-0.1, -0.05) is 11.8 Å². The van der Waals surface area contributed by atoms with E-state index in [0.717, 1.165) is 32.1 Å². The molecule has 2 saturated carbocycles. The number of hydrogen-bond donors (Lipinski definition) is 0. The van der Waals surface area contributed by atoms with E-state index in [2.05, 4.69) is 6.26 Å². The van der Waals surface area contributed by atoms with Crippen LogP contribution in [0.1, 0.15) is 45.4 Å². The minimum Gasteiger partial charge on any atom is -0.300 e. The quantitative estimate of drug-likeness (QED) is 0.791. The molecular weight excluding hydrogens is 264 g/mol. The molecule has 0 bridgehead atoms. The van der Waals surface area contributed by atoms with E-state index >= 15 is 0 Å². The number of hydrogen-bond acceptors (Lipinski definition) is 4. The van der Waals surface area contributed by atoms with Crippen molar-refractivity contribution in [3.05, 3.63) is 0 Å². The fourth-order valence-electron chi connectivity index (χ4n) is 3.05. The number of thioether (sulfide) groups is 2. The first kappa shape index (κ1) is 14.4. The van der Waals surface area contributed by atoms with Crippen LogP contribution in [0.5, 0.6) is 0 Å². The molecule has 0 N–H and O–H groups in total. The molecule has 4 heteroatoms. The average Bonchev–Trinajstić information content (AvgIpc) is 2.96. The third-order valence-corrected chi connectivity index (χ3v) is 6.72. The zero-order valence-electron chi connectivity index (χ0n) is 11.2. The summed E-state index contributed by atoms with van der Waals surface area (Å²) in [5.41, 5.74) is 0. The predicted molar refractivity (Wildman–Crippen MR) is 79.1 cm³/mol. The maximum Gasteiger partial charge on any atom is 0.192 e. The van der Waals surface area contributed by atoms with Crippen LogP contribution in [0, 0.1) is 11.8 Å². The number of Topliss-reactive ketones (excluding diaryl/α,β-unsaturated/α-hetero) is 1. The van der Waals surface area contributed by atoms with Crippen LogP contribution in [0.2, 0.25) is 0 Å². The second-order valence-electron chi connectivity index (χ2n) is 5.55. The molecule has 0 heterocycles. The lowest BCUT2D eigenvalue weighted by atomic mass is 10.0. The SMILES string of the molecule is CS[C@@H]1CC[C@@H](C(=O)S[C@H]2CC[C@H](C(C)=O)C2)C1. The zero-order chi connectivity index (χ0) is 13.1. The van der Waals surface area contributed by atoms with Gasteiger partial charge in [0, 0.05) is 22.3 Å². The number of rotatable bonds is 4. The Hall–Kier alpha value is 0.0400. The van der Waals surface area contributed by atoms with E-state index in [-0.39, 0.29) is 11.8 Å². The third kappa shape index (κ3) is 3.53. The van der Waals surface area contributed by atoms with Gasteiger partial charge in [0.2, 0.25) is 0 Å². The molecule has 0 radical (unpaired) electrons. The molecule has 0 aliphatic heterocycles. The molecule has 0 amide bonds. The van der Waals surface area contributed by atoms with Gasteiger partial charge in [0.05, 0.1) is 0 Å². The van der Waals surface area contributed by atoms with E-state index < -0.39 is 0 Å². The van der Waals surface area contributed by atoms with Crippen LogP contribution in [0.25, 0.3) is 0 Å². The van der Waals surface area contributed by atoms with Crippen LogP contribution in [0.3, 0.4) is 0 Å². The Morgan fingerprint density at radius 3 is 2.11 bits per heavy atom. The normalized spacial score (nSPS) is 35.9. The smallest absolute Gasteiger partial charge is 0.192 e. The average molecular weight is 286 g/mol. The van der Waals surface area contributed by atoms with Gasteiger partial charge in [-0.15, -0.1) is 0 Å². The van der Waals surface area contributed by atoms with Gasteiger partial charge in [0.25, 0.3) is 0 Å². The summed E-state index contributed by atoms with van der Waals surface area (Å²) in [6, 6.07) is 0. The molecule has 2 aliphatic rings. The lowest BCUT2D eigenvalue weighted by Gasteiger charge is -2.12. The van der Waals surface area contributed by atoms with Crippen LogP contribution < -0.4 is 0 Å². The first-order valence-electron chi connectivity index (χ1n) is 6.84. The van der Waals surface area contributed by atoms with Gasteiger partial charge in [-0.25, -0.2) is 0 Å². The minimum atomic E-state index is 0.220. The molecule has 0 saturated heterocycles. The van der Waals surface area contributed by atoms with Crippen molar-refractivity contribution in [3.8, 4) is 0 Å². The summed E-state index contributed by atoms with van der Waals surface area (Å²) in [5, 5.41) is 1.48. The maximum absolute atomic E-state index is 12.2. The van der Waals surface area contributed by atoms with Crippen LogP contribution in [0.4, 0.5) is 0 Å². The Bertz CT molecular complexity index is 330. The van der Waals surface area contributed by atoms with Crippen LogP contribution >= 0.6 is 23.5 Å². The molecule has 0 aromatic heterocycles. The largest absolute Gasteiger partial charge is 0.300 e. The number of ketones is 1. The summed E-state index contributed by atoms with van der Waals surface area (Å²) in [4.78, 5) is 23.5. The Balaban J connectivity index is 1.77. The van der Waals surface area contributed by atoms with Crippen molar-refractivity contribution < 1.29 is 9.59 Å². The lowest BCUT2D eigenvalue weighted by Crippen LogP contribution is -2.13. The van der Waals surface area contributed by atoms with Gasteiger partial charge < -0.3 is 0 Å². The van der Waals surface area contributed by atoms with Crippen molar-refractivity contribution in [3.63, 3.8) is 0 Å². The number of carbonyl (C=O) groups is 2. The van der Waals surface area contributed by atoms with Crippen molar-refractivity contribution in [1.82, 2.24) is 0 Å². The van der Waals surface area contributed by atoms with Crippen molar-refractivity contribution in [1.29, 1.82) is 0 Å². The molecule has 2 fully saturated rings. The third-order valence-electron chi connectivity index (χ3n) is 4.29. The molecule has 4 atom stereocenters. The summed E-state index contributed by atoms with van der Waals surface area (Å²) in [6.07, 6.45) is 8.41. The van der Waals surface area contributed by atoms with Gasteiger partial charge in [0.1, 0.15) is 5.78 Å². The van der Waals surface area contributed by atoms with E-state index in [1.54, 1.807) is 6.92 Å². The first-order valence-corrected chi connectivity index (χ1v) is 9.00. The van der Waals surface area contributed by atoms with Crippen molar-refractivity contribution >= 4 is 34.4 Å². The summed E-state index contributed by atoms with van der Waals surface area (Å²) in [6.45, 7) is 1.68. The first-order chi connectivity index (χ1) is 8.60. The van der Waals surface area contributed by atoms with Crippen molar-refractivity contribution in [2.45, 2.75) is 55.9 Å². The van der Waals surface area contributed by atoms with Crippen LogP contribution in [-0.2, 0) is 9.59 Å². The molecule has 2 nitrogen and oxygen atoms in total. The van der Waals surface area contributed by atoms with E-state index in [4.69, 9.17) is 0 Å². The highest BCUT2D eigenvalue weighted by Gasteiger charge is 2.34. The standard InChI is InChI=1S/C14H22O2S2/c1-9(15)10-3-6-13(7-10)18-14(16)11-4-5-12(8-11)17-2/h10-13H,3-8H2,1-2H3/t10-,11+,12+,13-/m0/s1. The summed E-state index contributed by atoms with van der Waals surface area (Å²) in [5.74, 6) is 0.801. The topological polar surface area (TPSA) is 34.1 Å². The van der Waals surface area contributed by atoms with Crippen molar-refractivity contribution in [2.75, 3.05) is 6.26 Å². The summed E-state index contributed by atoms with van der Waals surface area (Å²) < 4.78 is 0. The fraction of sp³-hybridized carbons (Fsp3) is 0.857. The summed E-state index contributed by atoms with van der Waals surface area (Å²) in [7, 11) is 0. The second kappa shape index (κ2) is 6.47. The fourth-order valence-corrected chi connectivity index (χ4v) is 5.16. The van der Waals surface area contributed by atoms with E-state index in [0.29, 0.717) is 21.4 Å². The Morgan fingerprint density at radius 2 is 1.56 bits per heavy atom. The van der Waals surface area contributed by atoms with E-state index in [1.807, 2.05) is 11.8 Å². The maximum atomic E-state index is 12.2.